The van der Waals surface area contributed by atoms with Gasteiger partial charge in [-0.2, -0.15) is 0 Å². The van der Waals surface area contributed by atoms with Crippen LogP contribution in [0.4, 0.5) is 0 Å². The number of rotatable bonds is 4. The van der Waals surface area contributed by atoms with Crippen LogP contribution >= 0.6 is 0 Å². The molecule has 0 aliphatic heterocycles. The third-order valence-electron chi connectivity index (χ3n) is 2.74. The molecule has 0 heterocycles. The maximum atomic E-state index is 5.01. The number of allylic oxidation sites excluding steroid dienone is 2. The Morgan fingerprint density at radius 3 is 3.00 bits per heavy atom. The molecule has 0 N–H and O–H groups in total. The SMILES string of the molecule is CCC1=CCCC(C)C1=NCCOC. The lowest BCUT2D eigenvalue weighted by molar-refractivity contribution is 0.208. The molecule has 0 amide bonds. The van der Waals surface area contributed by atoms with Crippen LogP contribution in [-0.2, 0) is 4.74 Å². The minimum atomic E-state index is 0.631. The molecule has 1 aliphatic carbocycles. The number of hydrogen-bond donors (Lipinski definition) is 0. The predicted molar refractivity (Wildman–Crippen MR) is 61.0 cm³/mol. The molecule has 0 bridgehead atoms. The van der Waals surface area contributed by atoms with E-state index < -0.39 is 0 Å². The highest BCUT2D eigenvalue weighted by Gasteiger charge is 2.17. The van der Waals surface area contributed by atoms with Crippen LogP contribution in [-0.4, -0.2) is 26.0 Å². The molecule has 1 unspecified atom stereocenters. The van der Waals surface area contributed by atoms with Crippen molar-refractivity contribution in [2.45, 2.75) is 33.1 Å². The number of ether oxygens (including phenoxy) is 1. The van der Waals surface area contributed by atoms with Gasteiger partial charge in [-0.15, -0.1) is 0 Å². The van der Waals surface area contributed by atoms with Crippen LogP contribution in [0.1, 0.15) is 33.1 Å². The normalized spacial score (nSPS) is 25.2. The van der Waals surface area contributed by atoms with Crippen LogP contribution in [0, 0.1) is 5.92 Å². The summed E-state index contributed by atoms with van der Waals surface area (Å²) in [5.41, 5.74) is 2.76. The van der Waals surface area contributed by atoms with Crippen molar-refractivity contribution in [1.82, 2.24) is 0 Å². The summed E-state index contributed by atoms with van der Waals surface area (Å²) < 4.78 is 5.01. The van der Waals surface area contributed by atoms with Gasteiger partial charge in [0.1, 0.15) is 0 Å². The van der Waals surface area contributed by atoms with Crippen molar-refractivity contribution in [3.8, 4) is 0 Å². The first kappa shape index (κ1) is 11.4. The van der Waals surface area contributed by atoms with E-state index in [1.165, 1.54) is 24.1 Å². The lowest BCUT2D eigenvalue weighted by Crippen LogP contribution is -2.18. The fourth-order valence-corrected chi connectivity index (χ4v) is 1.91. The van der Waals surface area contributed by atoms with Gasteiger partial charge in [0.25, 0.3) is 0 Å². The standard InChI is InChI=1S/C12H21NO/c1-4-11-7-5-6-10(2)12(11)13-8-9-14-3/h7,10H,4-6,8-9H2,1-3H3. The van der Waals surface area contributed by atoms with Gasteiger partial charge in [-0.1, -0.05) is 19.9 Å². The summed E-state index contributed by atoms with van der Waals surface area (Å²) in [5.74, 6) is 0.631. The van der Waals surface area contributed by atoms with E-state index in [2.05, 4.69) is 24.9 Å². The summed E-state index contributed by atoms with van der Waals surface area (Å²) in [4.78, 5) is 4.63. The zero-order valence-corrected chi connectivity index (χ0v) is 9.55. The molecule has 1 aliphatic rings. The smallest absolute Gasteiger partial charge is 0.0658 e. The minimum absolute atomic E-state index is 0.631. The van der Waals surface area contributed by atoms with Crippen LogP contribution in [0.5, 0.6) is 0 Å². The quantitative estimate of drug-likeness (QED) is 0.632. The summed E-state index contributed by atoms with van der Waals surface area (Å²) in [6, 6.07) is 0. The van der Waals surface area contributed by atoms with Crippen LogP contribution < -0.4 is 0 Å². The molecule has 0 fully saturated rings. The first-order valence-electron chi connectivity index (χ1n) is 5.52. The molecule has 0 spiro atoms. The number of hydrogen-bond acceptors (Lipinski definition) is 2. The van der Waals surface area contributed by atoms with Gasteiger partial charge < -0.3 is 4.74 Å². The van der Waals surface area contributed by atoms with Crippen molar-refractivity contribution in [2.24, 2.45) is 10.9 Å². The largest absolute Gasteiger partial charge is 0.383 e. The van der Waals surface area contributed by atoms with E-state index in [1.807, 2.05) is 0 Å². The van der Waals surface area contributed by atoms with E-state index in [-0.39, 0.29) is 0 Å². The Balaban J connectivity index is 2.65. The highest BCUT2D eigenvalue weighted by atomic mass is 16.5. The van der Waals surface area contributed by atoms with Gasteiger partial charge in [0.05, 0.1) is 13.2 Å². The van der Waals surface area contributed by atoms with E-state index >= 15 is 0 Å². The number of aliphatic imine (C=N–C) groups is 1. The molecular formula is C12H21NO. The Bertz CT molecular complexity index is 230. The molecule has 1 atom stereocenters. The van der Waals surface area contributed by atoms with Crippen LogP contribution in [0.15, 0.2) is 16.6 Å². The molecule has 2 heteroatoms. The van der Waals surface area contributed by atoms with Gasteiger partial charge in [-0.05, 0) is 30.8 Å². The van der Waals surface area contributed by atoms with Gasteiger partial charge >= 0.3 is 0 Å². The average Bonchev–Trinajstić information content (AvgIpc) is 2.20. The van der Waals surface area contributed by atoms with Crippen molar-refractivity contribution in [2.75, 3.05) is 20.3 Å². The monoisotopic (exact) mass is 195 g/mol. The first-order valence-corrected chi connectivity index (χ1v) is 5.52. The summed E-state index contributed by atoms with van der Waals surface area (Å²) in [6.45, 7) is 6.00. The van der Waals surface area contributed by atoms with Crippen LogP contribution in [0.2, 0.25) is 0 Å². The van der Waals surface area contributed by atoms with Gasteiger partial charge in [-0.3, -0.25) is 4.99 Å². The van der Waals surface area contributed by atoms with Gasteiger partial charge in [0.15, 0.2) is 0 Å². The van der Waals surface area contributed by atoms with E-state index in [4.69, 9.17) is 4.74 Å². The number of nitrogens with zero attached hydrogens (tertiary/aromatic N) is 1. The summed E-state index contributed by atoms with van der Waals surface area (Å²) >= 11 is 0. The predicted octanol–water partition coefficient (Wildman–Crippen LogP) is 2.84. The fraction of sp³-hybridized carbons (Fsp3) is 0.750. The van der Waals surface area contributed by atoms with Crippen molar-refractivity contribution >= 4 is 5.71 Å². The molecule has 0 radical (unpaired) electrons. The first-order chi connectivity index (χ1) is 6.79. The topological polar surface area (TPSA) is 21.6 Å². The minimum Gasteiger partial charge on any atom is -0.383 e. The third-order valence-corrected chi connectivity index (χ3v) is 2.74. The highest BCUT2D eigenvalue weighted by molar-refractivity contribution is 6.02. The van der Waals surface area contributed by atoms with Crippen molar-refractivity contribution < 1.29 is 4.74 Å². The highest BCUT2D eigenvalue weighted by Crippen LogP contribution is 2.23. The molecule has 1 rings (SSSR count). The second-order valence-corrected chi connectivity index (χ2v) is 3.82. The van der Waals surface area contributed by atoms with Crippen LogP contribution in [0.25, 0.3) is 0 Å². The van der Waals surface area contributed by atoms with Crippen molar-refractivity contribution in [1.29, 1.82) is 0 Å². The van der Waals surface area contributed by atoms with E-state index in [1.54, 1.807) is 7.11 Å². The molecular weight excluding hydrogens is 174 g/mol. The van der Waals surface area contributed by atoms with Gasteiger partial charge in [0, 0.05) is 12.8 Å². The molecule has 0 aromatic heterocycles. The average molecular weight is 195 g/mol. The van der Waals surface area contributed by atoms with Crippen molar-refractivity contribution in [3.05, 3.63) is 11.6 Å². The fourth-order valence-electron chi connectivity index (χ4n) is 1.91. The van der Waals surface area contributed by atoms with E-state index in [9.17, 15) is 0 Å². The lowest BCUT2D eigenvalue weighted by atomic mass is 9.87. The third kappa shape index (κ3) is 2.95. The Morgan fingerprint density at radius 1 is 1.57 bits per heavy atom. The molecule has 2 nitrogen and oxygen atoms in total. The second kappa shape index (κ2) is 5.97. The van der Waals surface area contributed by atoms with Gasteiger partial charge in [0.2, 0.25) is 0 Å². The zero-order valence-electron chi connectivity index (χ0n) is 9.55. The summed E-state index contributed by atoms with van der Waals surface area (Å²) in [5, 5.41) is 0. The van der Waals surface area contributed by atoms with Crippen molar-refractivity contribution in [3.63, 3.8) is 0 Å². The molecule has 0 saturated heterocycles. The van der Waals surface area contributed by atoms with E-state index in [0.29, 0.717) is 5.92 Å². The molecule has 80 valence electrons. The molecule has 0 aromatic carbocycles. The van der Waals surface area contributed by atoms with Gasteiger partial charge in [-0.25, -0.2) is 0 Å². The molecule has 0 aromatic rings. The lowest BCUT2D eigenvalue weighted by Gasteiger charge is -2.21. The maximum Gasteiger partial charge on any atom is 0.0658 e. The maximum absolute atomic E-state index is 5.01. The summed E-state index contributed by atoms with van der Waals surface area (Å²) in [7, 11) is 1.72. The van der Waals surface area contributed by atoms with E-state index in [0.717, 1.165) is 19.6 Å². The zero-order chi connectivity index (χ0) is 10.4. The Morgan fingerprint density at radius 2 is 2.36 bits per heavy atom. The Labute approximate surface area is 87.1 Å². The number of methoxy groups -OCH3 is 1. The molecule has 14 heavy (non-hydrogen) atoms. The second-order valence-electron chi connectivity index (χ2n) is 3.82. The Kier molecular flexibility index (Phi) is 4.88. The summed E-state index contributed by atoms with van der Waals surface area (Å²) in [6.07, 6.45) is 5.91. The molecule has 0 saturated carbocycles. The van der Waals surface area contributed by atoms with Crippen LogP contribution in [0.3, 0.4) is 0 Å². The Hall–Kier alpha value is -0.630.